The highest BCUT2D eigenvalue weighted by Crippen LogP contribution is 2.20. The highest BCUT2D eigenvalue weighted by atomic mass is 16.1. The van der Waals surface area contributed by atoms with Gasteiger partial charge in [-0.3, -0.25) is 4.79 Å². The minimum Gasteiger partial charge on any atom is -0.391 e. The normalized spacial score (nSPS) is 11.4. The van der Waals surface area contributed by atoms with Crippen molar-refractivity contribution in [1.29, 1.82) is 0 Å². The lowest BCUT2D eigenvalue weighted by atomic mass is 9.90. The minimum atomic E-state index is -0.304. The van der Waals surface area contributed by atoms with Gasteiger partial charge in [0.25, 0.3) is 5.56 Å². The van der Waals surface area contributed by atoms with E-state index in [-0.39, 0.29) is 16.7 Å². The molecule has 1 rings (SSSR count). The summed E-state index contributed by atoms with van der Waals surface area (Å²) in [6, 6.07) is 0. The molecular formula is C10H18N4O. The molecule has 0 amide bonds. The van der Waals surface area contributed by atoms with Crippen LogP contribution >= 0.6 is 0 Å². The molecule has 1 aromatic heterocycles. The van der Waals surface area contributed by atoms with Gasteiger partial charge >= 0.3 is 0 Å². The molecule has 4 N–H and O–H groups in total. The van der Waals surface area contributed by atoms with Crippen LogP contribution in [0.4, 0.5) is 11.5 Å². The van der Waals surface area contributed by atoms with Gasteiger partial charge in [0, 0.05) is 6.54 Å². The van der Waals surface area contributed by atoms with Crippen LogP contribution in [0.3, 0.4) is 0 Å². The van der Waals surface area contributed by atoms with Crippen LogP contribution in [-0.2, 0) is 0 Å². The Hall–Kier alpha value is -1.52. The van der Waals surface area contributed by atoms with Crippen molar-refractivity contribution < 1.29 is 0 Å². The Kier molecular flexibility index (Phi) is 3.34. The summed E-state index contributed by atoms with van der Waals surface area (Å²) in [4.78, 5) is 17.6. The van der Waals surface area contributed by atoms with Crippen molar-refractivity contribution in [3.05, 3.63) is 16.7 Å². The Labute approximate surface area is 89.1 Å². The third kappa shape index (κ3) is 2.97. The van der Waals surface area contributed by atoms with Crippen LogP contribution in [0.25, 0.3) is 0 Å². The van der Waals surface area contributed by atoms with Gasteiger partial charge in [0.15, 0.2) is 5.82 Å². The zero-order valence-corrected chi connectivity index (χ0v) is 9.42. The molecule has 0 spiro atoms. The predicted molar refractivity (Wildman–Crippen MR) is 61.8 cm³/mol. The number of nitrogens with two attached hydrogens (primary N) is 1. The second-order valence-corrected chi connectivity index (χ2v) is 4.37. The molecule has 0 radical (unpaired) electrons. The number of nitrogens with one attached hydrogen (secondary N) is 2. The van der Waals surface area contributed by atoms with Crippen molar-refractivity contribution in [2.45, 2.75) is 27.2 Å². The second kappa shape index (κ2) is 4.33. The summed E-state index contributed by atoms with van der Waals surface area (Å²) >= 11 is 0. The van der Waals surface area contributed by atoms with Crippen molar-refractivity contribution in [3.8, 4) is 0 Å². The molecule has 84 valence electrons. The van der Waals surface area contributed by atoms with Gasteiger partial charge in [-0.1, -0.05) is 20.8 Å². The molecular weight excluding hydrogens is 192 g/mol. The number of rotatable bonds is 4. The standard InChI is InChI=1S/C10H18N4O/c1-4-10(2,3)5-12-8-7(11)9(15)14-6-13-8/h6H,4-5,11H2,1-3H3,(H2,12,13,14,15). The van der Waals surface area contributed by atoms with Crippen LogP contribution in [0.2, 0.25) is 0 Å². The van der Waals surface area contributed by atoms with Crippen LogP contribution < -0.4 is 16.6 Å². The van der Waals surface area contributed by atoms with Gasteiger partial charge in [0.05, 0.1) is 6.33 Å². The van der Waals surface area contributed by atoms with Crippen molar-refractivity contribution in [1.82, 2.24) is 9.97 Å². The van der Waals surface area contributed by atoms with Crippen molar-refractivity contribution in [2.75, 3.05) is 17.6 Å². The Bertz CT molecular complexity index is 383. The highest BCUT2D eigenvalue weighted by molar-refractivity contribution is 5.58. The van der Waals surface area contributed by atoms with Crippen molar-refractivity contribution in [2.24, 2.45) is 5.41 Å². The molecule has 0 aromatic carbocycles. The van der Waals surface area contributed by atoms with Crippen LogP contribution in [-0.4, -0.2) is 16.5 Å². The first-order valence-corrected chi connectivity index (χ1v) is 5.03. The van der Waals surface area contributed by atoms with Crippen LogP contribution in [0.15, 0.2) is 11.1 Å². The molecule has 0 saturated heterocycles. The number of nitrogens with zero attached hydrogens (tertiary/aromatic N) is 1. The Morgan fingerprint density at radius 1 is 1.60 bits per heavy atom. The molecule has 0 fully saturated rings. The van der Waals surface area contributed by atoms with Gasteiger partial charge in [-0.05, 0) is 11.8 Å². The van der Waals surface area contributed by atoms with Crippen molar-refractivity contribution >= 4 is 11.5 Å². The minimum absolute atomic E-state index is 0.143. The molecule has 0 saturated carbocycles. The summed E-state index contributed by atoms with van der Waals surface area (Å²) in [5, 5.41) is 3.09. The average Bonchev–Trinajstić information content (AvgIpc) is 2.20. The summed E-state index contributed by atoms with van der Waals surface area (Å²) in [6.07, 6.45) is 2.39. The monoisotopic (exact) mass is 210 g/mol. The van der Waals surface area contributed by atoms with E-state index in [0.717, 1.165) is 13.0 Å². The molecule has 1 heterocycles. The fourth-order valence-electron chi connectivity index (χ4n) is 0.999. The summed E-state index contributed by atoms with van der Waals surface area (Å²) in [5.74, 6) is 0.459. The Balaban J connectivity index is 2.74. The van der Waals surface area contributed by atoms with E-state index in [1.165, 1.54) is 6.33 Å². The molecule has 15 heavy (non-hydrogen) atoms. The number of anilines is 2. The summed E-state index contributed by atoms with van der Waals surface area (Å²) < 4.78 is 0. The molecule has 5 nitrogen and oxygen atoms in total. The first kappa shape index (κ1) is 11.6. The van der Waals surface area contributed by atoms with E-state index in [2.05, 4.69) is 36.1 Å². The summed E-state index contributed by atoms with van der Waals surface area (Å²) in [6.45, 7) is 7.15. The number of hydrogen-bond donors (Lipinski definition) is 3. The van der Waals surface area contributed by atoms with Crippen LogP contribution in [0.1, 0.15) is 27.2 Å². The number of nitrogen functional groups attached to an aromatic ring is 1. The lowest BCUT2D eigenvalue weighted by molar-refractivity contribution is 0.376. The van der Waals surface area contributed by atoms with Gasteiger partial charge in [-0.25, -0.2) is 4.98 Å². The maximum Gasteiger partial charge on any atom is 0.276 e. The Morgan fingerprint density at radius 3 is 2.87 bits per heavy atom. The van der Waals surface area contributed by atoms with E-state index in [4.69, 9.17) is 5.73 Å². The Morgan fingerprint density at radius 2 is 2.27 bits per heavy atom. The predicted octanol–water partition coefficient (Wildman–Crippen LogP) is 1.20. The van der Waals surface area contributed by atoms with Crippen molar-refractivity contribution in [3.63, 3.8) is 0 Å². The summed E-state index contributed by atoms with van der Waals surface area (Å²) in [5.41, 5.74) is 5.59. The maximum atomic E-state index is 11.2. The third-order valence-corrected chi connectivity index (χ3v) is 2.58. The number of aromatic amines is 1. The van der Waals surface area contributed by atoms with Gasteiger partial charge in [-0.2, -0.15) is 0 Å². The van der Waals surface area contributed by atoms with E-state index in [0.29, 0.717) is 5.82 Å². The quantitative estimate of drug-likeness (QED) is 0.697. The lowest BCUT2D eigenvalue weighted by Crippen LogP contribution is -2.24. The van der Waals surface area contributed by atoms with Gasteiger partial charge in [0.1, 0.15) is 5.69 Å². The smallest absolute Gasteiger partial charge is 0.276 e. The maximum absolute atomic E-state index is 11.2. The number of aromatic nitrogens is 2. The average molecular weight is 210 g/mol. The highest BCUT2D eigenvalue weighted by Gasteiger charge is 2.15. The zero-order chi connectivity index (χ0) is 11.5. The molecule has 0 aliphatic rings. The molecule has 0 atom stereocenters. The molecule has 1 aromatic rings. The molecule has 5 heteroatoms. The fraction of sp³-hybridized carbons (Fsp3) is 0.600. The van der Waals surface area contributed by atoms with Gasteiger partial charge in [0.2, 0.25) is 0 Å². The topological polar surface area (TPSA) is 83.8 Å². The summed E-state index contributed by atoms with van der Waals surface area (Å²) in [7, 11) is 0. The van der Waals surface area contributed by atoms with E-state index in [1.54, 1.807) is 0 Å². The first-order chi connectivity index (χ1) is 6.96. The third-order valence-electron chi connectivity index (χ3n) is 2.58. The first-order valence-electron chi connectivity index (χ1n) is 5.03. The number of hydrogen-bond acceptors (Lipinski definition) is 4. The van der Waals surface area contributed by atoms with E-state index in [9.17, 15) is 4.79 Å². The van der Waals surface area contributed by atoms with Crippen LogP contribution in [0, 0.1) is 5.41 Å². The molecule has 0 aliphatic heterocycles. The van der Waals surface area contributed by atoms with Gasteiger partial charge in [-0.15, -0.1) is 0 Å². The van der Waals surface area contributed by atoms with Gasteiger partial charge < -0.3 is 16.0 Å². The molecule has 0 aliphatic carbocycles. The zero-order valence-electron chi connectivity index (χ0n) is 9.42. The molecule has 0 unspecified atom stereocenters. The molecule has 0 bridgehead atoms. The largest absolute Gasteiger partial charge is 0.391 e. The van der Waals surface area contributed by atoms with E-state index < -0.39 is 0 Å². The van der Waals surface area contributed by atoms with E-state index >= 15 is 0 Å². The second-order valence-electron chi connectivity index (χ2n) is 4.37. The van der Waals surface area contributed by atoms with E-state index in [1.807, 2.05) is 0 Å². The number of H-pyrrole nitrogens is 1. The lowest BCUT2D eigenvalue weighted by Gasteiger charge is -2.23. The fourth-order valence-corrected chi connectivity index (χ4v) is 0.999. The SMILES string of the molecule is CCC(C)(C)CNc1nc[nH]c(=O)c1N. The van der Waals surface area contributed by atoms with Crippen LogP contribution in [0.5, 0.6) is 0 Å².